The number of unbranched alkanes of at least 4 members (excludes halogenated alkanes) is 1. The van der Waals surface area contributed by atoms with E-state index in [1.54, 1.807) is 47.4 Å². The maximum absolute atomic E-state index is 12.9. The summed E-state index contributed by atoms with van der Waals surface area (Å²) in [7, 11) is 0. The van der Waals surface area contributed by atoms with Crippen LogP contribution in [0.2, 0.25) is 0 Å². The first-order valence-electron chi connectivity index (χ1n) is 9.70. The number of rotatable bonds is 7. The number of anilines is 1. The number of hydrogen-bond acceptors (Lipinski definition) is 4. The quantitative estimate of drug-likeness (QED) is 0.743. The van der Waals surface area contributed by atoms with Crippen molar-refractivity contribution in [3.63, 3.8) is 0 Å². The van der Waals surface area contributed by atoms with Crippen LogP contribution in [-0.2, 0) is 4.74 Å². The number of para-hydroxylation sites is 2. The molecule has 1 aliphatic heterocycles. The molecule has 3 rings (SSSR count). The Bertz CT molecular complexity index is 816. The van der Waals surface area contributed by atoms with Crippen LogP contribution < -0.4 is 10.1 Å². The number of nitrogens with one attached hydrogen (secondary N) is 1. The Hall–Kier alpha value is -2.86. The average Bonchev–Trinajstić information content (AvgIpc) is 2.75. The van der Waals surface area contributed by atoms with E-state index >= 15 is 0 Å². The molecule has 0 aliphatic carbocycles. The number of carbonyl (C=O) groups excluding carboxylic acids is 2. The zero-order valence-corrected chi connectivity index (χ0v) is 16.1. The van der Waals surface area contributed by atoms with Gasteiger partial charge in [-0.05, 0) is 30.7 Å². The molecule has 2 amide bonds. The van der Waals surface area contributed by atoms with E-state index in [0.29, 0.717) is 55.5 Å². The summed E-state index contributed by atoms with van der Waals surface area (Å²) < 4.78 is 11.1. The predicted octanol–water partition coefficient (Wildman–Crippen LogP) is 3.59. The minimum atomic E-state index is -0.297. The second-order valence-electron chi connectivity index (χ2n) is 6.60. The number of benzene rings is 2. The first kappa shape index (κ1) is 19.9. The Balaban J connectivity index is 1.77. The second kappa shape index (κ2) is 9.90. The summed E-state index contributed by atoms with van der Waals surface area (Å²) >= 11 is 0. The third kappa shape index (κ3) is 4.89. The zero-order valence-electron chi connectivity index (χ0n) is 16.1. The molecule has 1 aliphatic rings. The van der Waals surface area contributed by atoms with Gasteiger partial charge in [0.05, 0.1) is 36.6 Å². The Morgan fingerprint density at radius 3 is 2.46 bits per heavy atom. The molecule has 1 N–H and O–H groups in total. The molecule has 6 nitrogen and oxygen atoms in total. The van der Waals surface area contributed by atoms with Crippen LogP contribution in [0.15, 0.2) is 48.5 Å². The third-order valence-corrected chi connectivity index (χ3v) is 4.59. The summed E-state index contributed by atoms with van der Waals surface area (Å²) in [6.07, 6.45) is 1.94. The molecule has 0 unspecified atom stereocenters. The van der Waals surface area contributed by atoms with Crippen LogP contribution in [0.5, 0.6) is 5.75 Å². The fraction of sp³-hybridized carbons (Fsp3) is 0.364. The summed E-state index contributed by atoms with van der Waals surface area (Å²) in [5, 5.41) is 2.88. The Morgan fingerprint density at radius 1 is 1.04 bits per heavy atom. The fourth-order valence-corrected chi connectivity index (χ4v) is 3.01. The monoisotopic (exact) mass is 382 g/mol. The molecule has 0 atom stereocenters. The Labute approximate surface area is 165 Å². The van der Waals surface area contributed by atoms with Crippen LogP contribution in [-0.4, -0.2) is 49.6 Å². The van der Waals surface area contributed by atoms with Gasteiger partial charge in [-0.25, -0.2) is 0 Å². The third-order valence-electron chi connectivity index (χ3n) is 4.59. The van der Waals surface area contributed by atoms with Gasteiger partial charge in [-0.15, -0.1) is 0 Å². The molecule has 1 fully saturated rings. The predicted molar refractivity (Wildman–Crippen MR) is 108 cm³/mol. The SMILES string of the molecule is CCCCOc1ccccc1C(=O)Nc1ccccc1C(=O)N1CCOCC1. The van der Waals surface area contributed by atoms with E-state index in [2.05, 4.69) is 12.2 Å². The lowest BCUT2D eigenvalue weighted by atomic mass is 10.1. The molecule has 0 aromatic heterocycles. The van der Waals surface area contributed by atoms with Crippen LogP contribution >= 0.6 is 0 Å². The summed E-state index contributed by atoms with van der Waals surface area (Å²) in [6, 6.07) is 14.2. The molecule has 2 aromatic carbocycles. The highest BCUT2D eigenvalue weighted by molar-refractivity contribution is 6.10. The van der Waals surface area contributed by atoms with E-state index < -0.39 is 0 Å². The van der Waals surface area contributed by atoms with Crippen molar-refractivity contribution >= 4 is 17.5 Å². The highest BCUT2D eigenvalue weighted by Crippen LogP contribution is 2.23. The topological polar surface area (TPSA) is 67.9 Å². The molecule has 2 aromatic rings. The van der Waals surface area contributed by atoms with Gasteiger partial charge in [-0.1, -0.05) is 37.6 Å². The first-order valence-corrected chi connectivity index (χ1v) is 9.70. The van der Waals surface area contributed by atoms with Crippen molar-refractivity contribution in [3.8, 4) is 5.75 Å². The number of morpholine rings is 1. The van der Waals surface area contributed by atoms with Crippen LogP contribution in [0.4, 0.5) is 5.69 Å². The maximum atomic E-state index is 12.9. The van der Waals surface area contributed by atoms with Crippen molar-refractivity contribution in [2.45, 2.75) is 19.8 Å². The summed E-state index contributed by atoms with van der Waals surface area (Å²) in [6.45, 7) is 4.81. The average molecular weight is 382 g/mol. The van der Waals surface area contributed by atoms with Gasteiger partial charge in [0.1, 0.15) is 5.75 Å². The molecule has 0 radical (unpaired) electrons. The minimum absolute atomic E-state index is 0.105. The highest BCUT2D eigenvalue weighted by atomic mass is 16.5. The van der Waals surface area contributed by atoms with Crippen molar-refractivity contribution < 1.29 is 19.1 Å². The summed E-state index contributed by atoms with van der Waals surface area (Å²) in [5.74, 6) is 0.145. The Morgan fingerprint density at radius 2 is 1.71 bits per heavy atom. The van der Waals surface area contributed by atoms with Crippen LogP contribution in [0.25, 0.3) is 0 Å². The van der Waals surface area contributed by atoms with E-state index in [0.717, 1.165) is 12.8 Å². The van der Waals surface area contributed by atoms with Gasteiger partial charge >= 0.3 is 0 Å². The Kier molecular flexibility index (Phi) is 7.03. The number of hydrogen-bond donors (Lipinski definition) is 1. The number of ether oxygens (including phenoxy) is 2. The maximum Gasteiger partial charge on any atom is 0.259 e. The largest absolute Gasteiger partial charge is 0.493 e. The van der Waals surface area contributed by atoms with Crippen LogP contribution in [0.1, 0.15) is 40.5 Å². The molecule has 0 spiro atoms. The van der Waals surface area contributed by atoms with E-state index in [9.17, 15) is 9.59 Å². The van der Waals surface area contributed by atoms with Gasteiger partial charge in [-0.3, -0.25) is 9.59 Å². The van der Waals surface area contributed by atoms with Gasteiger partial charge < -0.3 is 19.7 Å². The van der Waals surface area contributed by atoms with Crippen LogP contribution in [0, 0.1) is 0 Å². The highest BCUT2D eigenvalue weighted by Gasteiger charge is 2.22. The second-order valence-corrected chi connectivity index (χ2v) is 6.60. The van der Waals surface area contributed by atoms with E-state index in [4.69, 9.17) is 9.47 Å². The number of carbonyl (C=O) groups is 2. The molecule has 1 heterocycles. The summed E-state index contributed by atoms with van der Waals surface area (Å²) in [5.41, 5.74) is 1.42. The van der Waals surface area contributed by atoms with Gasteiger partial charge in [0.2, 0.25) is 0 Å². The van der Waals surface area contributed by atoms with Crippen LogP contribution in [0.3, 0.4) is 0 Å². The zero-order chi connectivity index (χ0) is 19.8. The summed E-state index contributed by atoms with van der Waals surface area (Å²) in [4.78, 5) is 27.5. The van der Waals surface area contributed by atoms with Gasteiger partial charge in [-0.2, -0.15) is 0 Å². The molecule has 6 heteroatoms. The normalized spacial score (nSPS) is 13.8. The molecule has 28 heavy (non-hydrogen) atoms. The molecule has 148 valence electrons. The van der Waals surface area contributed by atoms with Gasteiger partial charge in [0.25, 0.3) is 11.8 Å². The molecular weight excluding hydrogens is 356 g/mol. The smallest absolute Gasteiger partial charge is 0.259 e. The van der Waals surface area contributed by atoms with E-state index in [-0.39, 0.29) is 11.8 Å². The molecule has 1 saturated heterocycles. The lowest BCUT2D eigenvalue weighted by Crippen LogP contribution is -2.41. The van der Waals surface area contributed by atoms with Crippen molar-refractivity contribution in [1.29, 1.82) is 0 Å². The van der Waals surface area contributed by atoms with E-state index in [1.807, 2.05) is 6.07 Å². The fourth-order valence-electron chi connectivity index (χ4n) is 3.01. The molecule has 0 bridgehead atoms. The van der Waals surface area contributed by atoms with Crippen molar-refractivity contribution in [2.75, 3.05) is 38.2 Å². The van der Waals surface area contributed by atoms with Crippen molar-refractivity contribution in [3.05, 3.63) is 59.7 Å². The van der Waals surface area contributed by atoms with Crippen molar-refractivity contribution in [1.82, 2.24) is 4.90 Å². The number of nitrogens with zero attached hydrogens (tertiary/aromatic N) is 1. The molecular formula is C22H26N2O4. The standard InChI is InChI=1S/C22H26N2O4/c1-2-3-14-28-20-11-7-5-9-18(20)21(25)23-19-10-6-4-8-17(19)22(26)24-12-15-27-16-13-24/h4-11H,2-3,12-16H2,1H3,(H,23,25). The lowest BCUT2D eigenvalue weighted by Gasteiger charge is -2.27. The number of amides is 2. The molecule has 0 saturated carbocycles. The first-order chi connectivity index (χ1) is 13.7. The van der Waals surface area contributed by atoms with Gasteiger partial charge in [0, 0.05) is 13.1 Å². The minimum Gasteiger partial charge on any atom is -0.493 e. The van der Waals surface area contributed by atoms with Crippen molar-refractivity contribution in [2.24, 2.45) is 0 Å². The van der Waals surface area contributed by atoms with Gasteiger partial charge in [0.15, 0.2) is 0 Å². The lowest BCUT2D eigenvalue weighted by molar-refractivity contribution is 0.0303. The van der Waals surface area contributed by atoms with E-state index in [1.165, 1.54) is 0 Å².